The Labute approximate surface area is 164 Å². The fraction of sp³-hybridized carbons (Fsp3) is 0.286. The average molecular weight is 380 g/mol. The average Bonchev–Trinajstić information content (AvgIpc) is 2.70. The second kappa shape index (κ2) is 9.03. The lowest BCUT2D eigenvalue weighted by atomic mass is 10.1. The Morgan fingerprint density at radius 2 is 2.04 bits per heavy atom. The number of aromatic nitrogens is 1. The van der Waals surface area contributed by atoms with E-state index in [1.54, 1.807) is 30.2 Å². The molecule has 0 bridgehead atoms. The molecule has 0 unspecified atom stereocenters. The molecule has 3 rings (SSSR count). The van der Waals surface area contributed by atoms with Crippen molar-refractivity contribution < 1.29 is 14.3 Å². The van der Waals surface area contributed by atoms with Gasteiger partial charge in [-0.25, -0.2) is 9.78 Å². The summed E-state index contributed by atoms with van der Waals surface area (Å²) in [7, 11) is 0. The first kappa shape index (κ1) is 19.4. The van der Waals surface area contributed by atoms with E-state index in [1.807, 2.05) is 30.3 Å². The normalized spacial score (nSPS) is 12.9. The zero-order valence-corrected chi connectivity index (χ0v) is 15.9. The number of nitrogens with one attached hydrogen (secondary N) is 1. The van der Waals surface area contributed by atoms with Crippen LogP contribution in [-0.2, 0) is 16.0 Å². The van der Waals surface area contributed by atoms with Gasteiger partial charge in [-0.2, -0.15) is 0 Å². The summed E-state index contributed by atoms with van der Waals surface area (Å²) in [5.41, 5.74) is 2.27. The quantitative estimate of drug-likeness (QED) is 0.615. The van der Waals surface area contributed by atoms with Gasteiger partial charge in [0.15, 0.2) is 5.82 Å². The second-order valence-electron chi connectivity index (χ2n) is 6.34. The van der Waals surface area contributed by atoms with Crippen LogP contribution in [0.2, 0.25) is 0 Å². The molecule has 0 spiro atoms. The Hall–Kier alpha value is -3.35. The molecular weight excluding hydrogens is 356 g/mol. The molecule has 146 valence electrons. The molecule has 28 heavy (non-hydrogen) atoms. The molecule has 0 fully saturated rings. The lowest BCUT2D eigenvalue weighted by molar-refractivity contribution is -0.142. The first-order valence-electron chi connectivity index (χ1n) is 9.26. The number of pyridine rings is 1. The second-order valence-corrected chi connectivity index (χ2v) is 6.34. The number of ether oxygens (including phenoxy) is 1. The third-order valence-electron chi connectivity index (χ3n) is 4.40. The Balaban J connectivity index is 1.68. The van der Waals surface area contributed by atoms with E-state index in [-0.39, 0.29) is 18.4 Å². The SMILES string of the molecule is C=CCN1CCN(C(=O)Nc2ccc(CC(=O)OCC)cc2)c2cccnc21. The zero-order chi connectivity index (χ0) is 19.9. The molecule has 0 aliphatic carbocycles. The van der Waals surface area contributed by atoms with Crippen molar-refractivity contribution in [1.82, 2.24) is 4.98 Å². The van der Waals surface area contributed by atoms with Gasteiger partial charge in [-0.15, -0.1) is 6.58 Å². The fourth-order valence-electron chi connectivity index (χ4n) is 3.11. The van der Waals surface area contributed by atoms with Crippen molar-refractivity contribution in [3.05, 3.63) is 60.8 Å². The molecule has 7 nitrogen and oxygen atoms in total. The van der Waals surface area contributed by atoms with Gasteiger partial charge in [-0.1, -0.05) is 18.2 Å². The third kappa shape index (κ3) is 4.49. The van der Waals surface area contributed by atoms with Crippen LogP contribution in [0.5, 0.6) is 0 Å². The first-order chi connectivity index (χ1) is 13.6. The maximum atomic E-state index is 12.8. The van der Waals surface area contributed by atoms with Crippen LogP contribution in [0.1, 0.15) is 12.5 Å². The predicted molar refractivity (Wildman–Crippen MR) is 110 cm³/mol. The molecule has 2 aromatic rings. The lowest BCUT2D eigenvalue weighted by Crippen LogP contribution is -2.46. The van der Waals surface area contributed by atoms with Crippen LogP contribution in [0.25, 0.3) is 0 Å². The first-order valence-corrected chi connectivity index (χ1v) is 9.26. The van der Waals surface area contributed by atoms with Crippen molar-refractivity contribution in [2.75, 3.05) is 41.4 Å². The minimum Gasteiger partial charge on any atom is -0.466 e. The van der Waals surface area contributed by atoms with Gasteiger partial charge in [0.25, 0.3) is 0 Å². The molecule has 0 atom stereocenters. The van der Waals surface area contributed by atoms with Gasteiger partial charge in [-0.3, -0.25) is 9.69 Å². The molecule has 1 aliphatic heterocycles. The van der Waals surface area contributed by atoms with Crippen molar-refractivity contribution >= 4 is 29.2 Å². The molecule has 2 amide bonds. The maximum absolute atomic E-state index is 12.8. The minimum atomic E-state index is -0.263. The molecule has 1 aliphatic rings. The maximum Gasteiger partial charge on any atom is 0.326 e. The number of fused-ring (bicyclic) bond motifs is 1. The van der Waals surface area contributed by atoms with E-state index in [9.17, 15) is 9.59 Å². The van der Waals surface area contributed by atoms with Gasteiger partial charge in [0.1, 0.15) is 0 Å². The number of carbonyl (C=O) groups is 2. The van der Waals surface area contributed by atoms with Gasteiger partial charge in [0.05, 0.1) is 18.7 Å². The summed E-state index contributed by atoms with van der Waals surface area (Å²) in [6, 6.07) is 10.7. The van der Waals surface area contributed by atoms with Crippen LogP contribution in [0.3, 0.4) is 0 Å². The molecule has 0 saturated heterocycles. The van der Waals surface area contributed by atoms with Gasteiger partial charge in [0, 0.05) is 31.5 Å². The molecule has 1 aromatic heterocycles. The van der Waals surface area contributed by atoms with Crippen LogP contribution in [-0.4, -0.2) is 43.2 Å². The number of carbonyl (C=O) groups excluding carboxylic acids is 2. The molecule has 1 aromatic carbocycles. The summed E-state index contributed by atoms with van der Waals surface area (Å²) >= 11 is 0. The van der Waals surface area contributed by atoms with Crippen molar-refractivity contribution in [3.63, 3.8) is 0 Å². The summed E-state index contributed by atoms with van der Waals surface area (Å²) in [5, 5.41) is 2.91. The van der Waals surface area contributed by atoms with E-state index in [0.29, 0.717) is 31.9 Å². The van der Waals surface area contributed by atoms with Crippen molar-refractivity contribution in [2.45, 2.75) is 13.3 Å². The number of nitrogens with zero attached hydrogens (tertiary/aromatic N) is 3. The van der Waals surface area contributed by atoms with Crippen molar-refractivity contribution in [2.24, 2.45) is 0 Å². The predicted octanol–water partition coefficient (Wildman–Crippen LogP) is 3.23. The topological polar surface area (TPSA) is 74.8 Å². The zero-order valence-electron chi connectivity index (χ0n) is 15.9. The molecule has 2 heterocycles. The van der Waals surface area contributed by atoms with E-state index in [2.05, 4.69) is 21.8 Å². The largest absolute Gasteiger partial charge is 0.466 e. The number of amides is 2. The molecular formula is C21H24N4O3. The van der Waals surface area contributed by atoms with E-state index in [4.69, 9.17) is 4.74 Å². The highest BCUT2D eigenvalue weighted by Crippen LogP contribution is 2.30. The summed E-state index contributed by atoms with van der Waals surface area (Å²) in [5.74, 6) is 0.509. The number of hydrogen-bond acceptors (Lipinski definition) is 5. The van der Waals surface area contributed by atoms with Crippen LogP contribution in [0, 0.1) is 0 Å². The molecule has 7 heteroatoms. The van der Waals surface area contributed by atoms with Gasteiger partial charge < -0.3 is 15.0 Å². The Morgan fingerprint density at radius 3 is 2.75 bits per heavy atom. The highest BCUT2D eigenvalue weighted by molar-refractivity contribution is 6.04. The van der Waals surface area contributed by atoms with Crippen molar-refractivity contribution in [3.8, 4) is 0 Å². The number of esters is 1. The summed E-state index contributed by atoms with van der Waals surface area (Å²) in [6.45, 7) is 7.84. The number of rotatable bonds is 6. The van der Waals surface area contributed by atoms with Crippen LogP contribution < -0.4 is 15.1 Å². The van der Waals surface area contributed by atoms with Gasteiger partial charge in [0.2, 0.25) is 0 Å². The van der Waals surface area contributed by atoms with Gasteiger partial charge in [-0.05, 0) is 36.8 Å². The number of hydrogen-bond donors (Lipinski definition) is 1. The van der Waals surface area contributed by atoms with E-state index < -0.39 is 0 Å². The fourth-order valence-corrected chi connectivity index (χ4v) is 3.11. The number of benzene rings is 1. The van der Waals surface area contributed by atoms with E-state index >= 15 is 0 Å². The Bertz CT molecular complexity index is 851. The minimum absolute atomic E-state index is 0.215. The monoisotopic (exact) mass is 380 g/mol. The summed E-state index contributed by atoms with van der Waals surface area (Å²) < 4.78 is 4.95. The van der Waals surface area contributed by atoms with Gasteiger partial charge >= 0.3 is 12.0 Å². The molecule has 1 N–H and O–H groups in total. The third-order valence-corrected chi connectivity index (χ3v) is 4.40. The highest BCUT2D eigenvalue weighted by Gasteiger charge is 2.27. The molecule has 0 radical (unpaired) electrons. The number of urea groups is 1. The van der Waals surface area contributed by atoms with Crippen molar-refractivity contribution in [1.29, 1.82) is 0 Å². The molecule has 0 saturated carbocycles. The summed E-state index contributed by atoms with van der Waals surface area (Å²) in [4.78, 5) is 32.6. The summed E-state index contributed by atoms with van der Waals surface area (Å²) in [6.07, 6.45) is 3.76. The standard InChI is InChI=1S/C21H24N4O3/c1-3-12-24-13-14-25(18-6-5-11-22-20(18)24)21(27)23-17-9-7-16(8-10-17)15-19(26)28-4-2/h3,5-11H,1,4,12-15H2,2H3,(H,23,27). The smallest absolute Gasteiger partial charge is 0.326 e. The van der Waals surface area contributed by atoms with E-state index in [1.165, 1.54) is 0 Å². The highest BCUT2D eigenvalue weighted by atomic mass is 16.5. The van der Waals surface area contributed by atoms with E-state index in [0.717, 1.165) is 17.1 Å². The van der Waals surface area contributed by atoms with Crippen LogP contribution >= 0.6 is 0 Å². The lowest BCUT2D eigenvalue weighted by Gasteiger charge is -2.36. The Kier molecular flexibility index (Phi) is 6.26. The number of anilines is 3. The van der Waals surface area contributed by atoms with Crippen LogP contribution in [0.15, 0.2) is 55.3 Å². The van der Waals surface area contributed by atoms with Crippen LogP contribution in [0.4, 0.5) is 22.0 Å². The Morgan fingerprint density at radius 1 is 1.25 bits per heavy atom.